The van der Waals surface area contributed by atoms with Gasteiger partial charge in [-0.2, -0.15) is 0 Å². The number of piperidine rings is 1. The second kappa shape index (κ2) is 7.93. The molecular formula is C21H22ClF2N7S. The summed E-state index contributed by atoms with van der Waals surface area (Å²) >= 11 is 7.59. The van der Waals surface area contributed by atoms with Gasteiger partial charge >= 0.3 is 0 Å². The average Bonchev–Trinajstić information content (AvgIpc) is 2.99. The molecular weight excluding hydrogens is 456 g/mol. The minimum atomic E-state index is -2.65. The van der Waals surface area contributed by atoms with E-state index < -0.39 is 17.4 Å². The summed E-state index contributed by atoms with van der Waals surface area (Å²) in [5, 5.41) is 1.10. The lowest BCUT2D eigenvalue weighted by Crippen LogP contribution is -2.47. The highest BCUT2D eigenvalue weighted by atomic mass is 35.5. The molecule has 1 atom stereocenters. The number of nitrogens with zero attached hydrogens (tertiary/aromatic N) is 5. The number of nitrogens with two attached hydrogens (primary N) is 2. The normalized spacial score (nSPS) is 22.0. The van der Waals surface area contributed by atoms with Crippen molar-refractivity contribution < 1.29 is 8.78 Å². The van der Waals surface area contributed by atoms with Gasteiger partial charge in [-0.05, 0) is 36.5 Å². The Morgan fingerprint density at radius 2 is 1.91 bits per heavy atom. The average molecular weight is 478 g/mol. The Hall–Kier alpha value is -2.30. The minimum absolute atomic E-state index is 0.115. The molecule has 1 spiro atoms. The van der Waals surface area contributed by atoms with Gasteiger partial charge < -0.3 is 16.4 Å². The van der Waals surface area contributed by atoms with Crippen LogP contribution in [0.5, 0.6) is 0 Å². The van der Waals surface area contributed by atoms with Gasteiger partial charge in [-0.25, -0.2) is 28.7 Å². The van der Waals surface area contributed by atoms with Gasteiger partial charge in [0.1, 0.15) is 22.2 Å². The summed E-state index contributed by atoms with van der Waals surface area (Å²) in [4.78, 5) is 20.5. The van der Waals surface area contributed by atoms with Crippen LogP contribution in [0.3, 0.4) is 0 Å². The van der Waals surface area contributed by atoms with Gasteiger partial charge in [0.25, 0.3) is 0 Å². The highest BCUT2D eigenvalue weighted by molar-refractivity contribution is 7.99. The van der Waals surface area contributed by atoms with Crippen molar-refractivity contribution in [2.45, 2.75) is 47.6 Å². The number of pyridine rings is 2. The van der Waals surface area contributed by atoms with Crippen LogP contribution in [0.2, 0.25) is 5.02 Å². The van der Waals surface area contributed by atoms with Crippen LogP contribution in [0.4, 0.5) is 20.4 Å². The number of alkyl halides is 2. The molecule has 1 aliphatic carbocycles. The summed E-state index contributed by atoms with van der Waals surface area (Å²) < 4.78 is 27.8. The van der Waals surface area contributed by atoms with Crippen LogP contribution in [0.1, 0.15) is 25.7 Å². The molecule has 0 unspecified atom stereocenters. The Labute approximate surface area is 193 Å². The second-order valence-electron chi connectivity index (χ2n) is 8.52. The van der Waals surface area contributed by atoms with Crippen molar-refractivity contribution in [1.29, 1.82) is 0 Å². The maximum atomic E-state index is 13.9. The molecule has 0 amide bonds. The maximum absolute atomic E-state index is 13.9. The number of aromatic nitrogens is 4. The van der Waals surface area contributed by atoms with Crippen molar-refractivity contribution in [3.63, 3.8) is 0 Å². The van der Waals surface area contributed by atoms with E-state index in [-0.39, 0.29) is 18.7 Å². The predicted octanol–water partition coefficient (Wildman–Crippen LogP) is 4.15. The third-order valence-corrected chi connectivity index (χ3v) is 7.97. The number of rotatable bonds is 3. The lowest BCUT2D eigenvalue weighted by atomic mass is 9.74. The summed E-state index contributed by atoms with van der Waals surface area (Å²) in [6.07, 6.45) is 4.21. The van der Waals surface area contributed by atoms with Crippen LogP contribution < -0.4 is 16.4 Å². The van der Waals surface area contributed by atoms with E-state index in [0.29, 0.717) is 47.1 Å². The molecule has 4 heterocycles. The molecule has 0 radical (unpaired) electrons. The standard InChI is InChI=1S/C21H22ClF2N7S/c22-17-13(3-6-27-18(17)26)32-16-2-1-12-19(30-16)28-10-15(29-12)31-7-4-20(5-8-31)11-21(23,24)9-14(20)25/h1-3,6,10,14H,4-5,7-9,11,25H2,(H2,26,27)/t14-/m1/s1. The van der Waals surface area contributed by atoms with Crippen molar-refractivity contribution in [2.75, 3.05) is 23.7 Å². The zero-order valence-electron chi connectivity index (χ0n) is 17.1. The molecule has 7 nitrogen and oxygen atoms in total. The summed E-state index contributed by atoms with van der Waals surface area (Å²) in [6, 6.07) is 5.03. The number of hydrogen-bond donors (Lipinski definition) is 2. The molecule has 5 rings (SSSR count). The van der Waals surface area contributed by atoms with Crippen molar-refractivity contribution in [3.05, 3.63) is 35.6 Å². The van der Waals surface area contributed by atoms with E-state index in [9.17, 15) is 8.78 Å². The van der Waals surface area contributed by atoms with E-state index in [4.69, 9.17) is 28.1 Å². The quantitative estimate of drug-likeness (QED) is 0.579. The maximum Gasteiger partial charge on any atom is 0.250 e. The summed E-state index contributed by atoms with van der Waals surface area (Å²) in [6.45, 7) is 1.26. The van der Waals surface area contributed by atoms with Crippen LogP contribution in [0.15, 0.2) is 40.5 Å². The molecule has 1 saturated heterocycles. The summed E-state index contributed by atoms with van der Waals surface area (Å²) in [5.41, 5.74) is 12.6. The first kappa shape index (κ1) is 21.5. The van der Waals surface area contributed by atoms with Gasteiger partial charge in [0, 0.05) is 43.1 Å². The molecule has 1 saturated carbocycles. The van der Waals surface area contributed by atoms with Crippen LogP contribution in [-0.2, 0) is 0 Å². The zero-order valence-corrected chi connectivity index (χ0v) is 18.7. The van der Waals surface area contributed by atoms with Gasteiger partial charge in [-0.1, -0.05) is 23.4 Å². The fraction of sp³-hybridized carbons (Fsp3) is 0.429. The smallest absolute Gasteiger partial charge is 0.250 e. The zero-order chi connectivity index (χ0) is 22.5. The second-order valence-corrected chi connectivity index (χ2v) is 9.96. The first-order valence-corrected chi connectivity index (χ1v) is 11.5. The van der Waals surface area contributed by atoms with Crippen molar-refractivity contribution in [3.8, 4) is 0 Å². The van der Waals surface area contributed by atoms with E-state index >= 15 is 0 Å². The lowest BCUT2D eigenvalue weighted by Gasteiger charge is -2.42. The Bertz CT molecular complexity index is 1170. The van der Waals surface area contributed by atoms with E-state index in [1.165, 1.54) is 11.8 Å². The Balaban J connectivity index is 1.32. The first-order chi connectivity index (χ1) is 15.2. The summed E-state index contributed by atoms with van der Waals surface area (Å²) in [7, 11) is 0. The third kappa shape index (κ3) is 3.95. The molecule has 32 heavy (non-hydrogen) atoms. The van der Waals surface area contributed by atoms with Gasteiger partial charge in [0.15, 0.2) is 5.65 Å². The highest BCUT2D eigenvalue weighted by Crippen LogP contribution is 2.52. The molecule has 168 valence electrons. The Morgan fingerprint density at radius 1 is 1.12 bits per heavy atom. The first-order valence-electron chi connectivity index (χ1n) is 10.3. The van der Waals surface area contributed by atoms with Crippen LogP contribution in [0, 0.1) is 5.41 Å². The van der Waals surface area contributed by atoms with E-state index in [2.05, 4.69) is 19.9 Å². The molecule has 0 aromatic carbocycles. The molecule has 2 fully saturated rings. The fourth-order valence-electron chi connectivity index (χ4n) is 4.70. The van der Waals surface area contributed by atoms with E-state index in [1.54, 1.807) is 18.5 Å². The van der Waals surface area contributed by atoms with Gasteiger partial charge in [0.2, 0.25) is 5.92 Å². The Morgan fingerprint density at radius 3 is 2.62 bits per heavy atom. The number of anilines is 2. The lowest BCUT2D eigenvalue weighted by molar-refractivity contribution is -0.00683. The largest absolute Gasteiger partial charge is 0.382 e. The highest BCUT2D eigenvalue weighted by Gasteiger charge is 2.55. The van der Waals surface area contributed by atoms with Crippen molar-refractivity contribution >= 4 is 46.2 Å². The number of nitrogen functional groups attached to an aromatic ring is 1. The third-order valence-electron chi connectivity index (χ3n) is 6.46. The summed E-state index contributed by atoms with van der Waals surface area (Å²) in [5.74, 6) is -1.66. The topological polar surface area (TPSA) is 107 Å². The molecule has 3 aromatic rings. The molecule has 2 aliphatic rings. The van der Waals surface area contributed by atoms with E-state index in [1.807, 2.05) is 12.1 Å². The minimum Gasteiger partial charge on any atom is -0.382 e. The van der Waals surface area contributed by atoms with Crippen molar-refractivity contribution in [2.24, 2.45) is 11.1 Å². The van der Waals surface area contributed by atoms with Crippen molar-refractivity contribution in [1.82, 2.24) is 19.9 Å². The monoisotopic (exact) mass is 477 g/mol. The van der Waals surface area contributed by atoms with Crippen LogP contribution in [-0.4, -0.2) is 45.0 Å². The van der Waals surface area contributed by atoms with Gasteiger partial charge in [-0.15, -0.1) is 0 Å². The van der Waals surface area contributed by atoms with Gasteiger partial charge in [-0.3, -0.25) is 0 Å². The molecule has 4 N–H and O–H groups in total. The molecule has 11 heteroatoms. The van der Waals surface area contributed by atoms with E-state index in [0.717, 1.165) is 10.7 Å². The van der Waals surface area contributed by atoms with Crippen LogP contribution in [0.25, 0.3) is 11.2 Å². The Kier molecular flexibility index (Phi) is 5.34. The number of halogens is 3. The molecule has 0 bridgehead atoms. The molecule has 3 aromatic heterocycles. The number of fused-ring (bicyclic) bond motifs is 1. The number of hydrogen-bond acceptors (Lipinski definition) is 8. The SMILES string of the molecule is Nc1nccc(Sc2ccc3nc(N4CCC5(CC4)CC(F)(F)C[C@H]5N)cnc3n2)c1Cl. The fourth-order valence-corrected chi connectivity index (χ4v) is 5.75. The van der Waals surface area contributed by atoms with Gasteiger partial charge in [0.05, 0.1) is 11.2 Å². The molecule has 1 aliphatic heterocycles. The predicted molar refractivity (Wildman–Crippen MR) is 121 cm³/mol. The van der Waals surface area contributed by atoms with Crippen LogP contribution >= 0.6 is 23.4 Å².